The Morgan fingerprint density at radius 2 is 2.27 bits per heavy atom. The van der Waals surface area contributed by atoms with Crippen molar-refractivity contribution in [2.45, 2.75) is 25.3 Å². The van der Waals surface area contributed by atoms with Crippen LogP contribution in [-0.4, -0.2) is 15.7 Å². The van der Waals surface area contributed by atoms with E-state index in [1.807, 2.05) is 34.3 Å². The standard InChI is InChI=1S/C16H14ClN3OS/c17-11-1-4-14-13(8-11)10(9-22-14)7-16(21)19-15-5-6-18-20(15)12-2-3-12/h1,4-6,8-9,12H,2-3,7H2,(H,19,21). The van der Waals surface area contributed by atoms with Crippen LogP contribution in [0.4, 0.5) is 5.82 Å². The Morgan fingerprint density at radius 3 is 3.09 bits per heavy atom. The zero-order valence-corrected chi connectivity index (χ0v) is 13.3. The van der Waals surface area contributed by atoms with Gasteiger partial charge in [0.15, 0.2) is 0 Å². The zero-order valence-electron chi connectivity index (χ0n) is 11.8. The molecule has 2 aromatic heterocycles. The van der Waals surface area contributed by atoms with E-state index in [4.69, 9.17) is 11.6 Å². The first kappa shape index (κ1) is 13.8. The minimum Gasteiger partial charge on any atom is -0.311 e. The van der Waals surface area contributed by atoms with Crippen LogP contribution < -0.4 is 5.32 Å². The van der Waals surface area contributed by atoms with E-state index < -0.39 is 0 Å². The van der Waals surface area contributed by atoms with Crippen molar-refractivity contribution in [3.05, 3.63) is 46.4 Å². The first-order valence-electron chi connectivity index (χ1n) is 7.20. The van der Waals surface area contributed by atoms with Gasteiger partial charge >= 0.3 is 0 Å². The van der Waals surface area contributed by atoms with Gasteiger partial charge in [-0.3, -0.25) is 4.79 Å². The van der Waals surface area contributed by atoms with Crippen LogP contribution >= 0.6 is 22.9 Å². The van der Waals surface area contributed by atoms with Crippen LogP contribution in [0.15, 0.2) is 35.8 Å². The molecule has 0 unspecified atom stereocenters. The largest absolute Gasteiger partial charge is 0.311 e. The van der Waals surface area contributed by atoms with Crippen LogP contribution in [0, 0.1) is 0 Å². The molecule has 22 heavy (non-hydrogen) atoms. The van der Waals surface area contributed by atoms with Crippen LogP contribution in [0.5, 0.6) is 0 Å². The number of thiophene rings is 1. The lowest BCUT2D eigenvalue weighted by molar-refractivity contribution is -0.115. The van der Waals surface area contributed by atoms with E-state index in [1.54, 1.807) is 17.5 Å². The highest BCUT2D eigenvalue weighted by molar-refractivity contribution is 7.17. The van der Waals surface area contributed by atoms with Gasteiger partial charge in [-0.25, -0.2) is 4.68 Å². The number of hydrogen-bond acceptors (Lipinski definition) is 3. The minimum atomic E-state index is -0.0259. The Bertz CT molecular complexity index is 850. The molecule has 3 aromatic rings. The number of fused-ring (bicyclic) bond motifs is 1. The maximum Gasteiger partial charge on any atom is 0.229 e. The summed E-state index contributed by atoms with van der Waals surface area (Å²) in [6.07, 6.45) is 4.35. The summed E-state index contributed by atoms with van der Waals surface area (Å²) in [5.74, 6) is 0.757. The lowest BCUT2D eigenvalue weighted by Gasteiger charge is -2.07. The van der Waals surface area contributed by atoms with E-state index in [0.717, 1.165) is 34.3 Å². The Hall–Kier alpha value is -1.85. The van der Waals surface area contributed by atoms with Crippen molar-refractivity contribution in [3.8, 4) is 0 Å². The molecule has 4 rings (SSSR count). The summed E-state index contributed by atoms with van der Waals surface area (Å²) in [5.41, 5.74) is 1.01. The fourth-order valence-corrected chi connectivity index (χ4v) is 3.69. The third-order valence-corrected chi connectivity index (χ3v) is 5.04. The number of benzene rings is 1. The fourth-order valence-electron chi connectivity index (χ4n) is 2.57. The highest BCUT2D eigenvalue weighted by Crippen LogP contribution is 2.36. The van der Waals surface area contributed by atoms with Gasteiger partial charge in [-0.05, 0) is 47.4 Å². The molecule has 1 saturated carbocycles. The zero-order chi connectivity index (χ0) is 15.1. The second-order valence-corrected chi connectivity index (χ2v) is 6.87. The molecular weight excluding hydrogens is 318 g/mol. The highest BCUT2D eigenvalue weighted by Gasteiger charge is 2.26. The molecular formula is C16H14ClN3OS. The quantitative estimate of drug-likeness (QED) is 0.776. The first-order valence-corrected chi connectivity index (χ1v) is 8.45. The van der Waals surface area contributed by atoms with E-state index >= 15 is 0 Å². The molecule has 1 fully saturated rings. The summed E-state index contributed by atoms with van der Waals surface area (Å²) in [6, 6.07) is 8.08. The maximum atomic E-state index is 12.3. The van der Waals surface area contributed by atoms with Crippen molar-refractivity contribution in [3.63, 3.8) is 0 Å². The number of anilines is 1. The van der Waals surface area contributed by atoms with Crippen molar-refractivity contribution < 1.29 is 4.79 Å². The van der Waals surface area contributed by atoms with Crippen molar-refractivity contribution in [1.29, 1.82) is 0 Å². The summed E-state index contributed by atoms with van der Waals surface area (Å²) in [5, 5.41) is 11.0. The van der Waals surface area contributed by atoms with E-state index in [9.17, 15) is 4.79 Å². The molecule has 0 aliphatic heterocycles. The molecule has 0 saturated heterocycles. The summed E-state index contributed by atoms with van der Waals surface area (Å²) < 4.78 is 3.05. The predicted molar refractivity (Wildman–Crippen MR) is 89.7 cm³/mol. The van der Waals surface area contributed by atoms with Gasteiger partial charge in [-0.1, -0.05) is 11.6 Å². The normalized spacial score (nSPS) is 14.4. The van der Waals surface area contributed by atoms with Crippen LogP contribution in [0.3, 0.4) is 0 Å². The molecule has 1 aromatic carbocycles. The number of aromatic nitrogens is 2. The van der Waals surface area contributed by atoms with Gasteiger partial charge < -0.3 is 5.32 Å². The van der Waals surface area contributed by atoms with Crippen LogP contribution in [-0.2, 0) is 11.2 Å². The van der Waals surface area contributed by atoms with Gasteiger partial charge in [0, 0.05) is 15.8 Å². The summed E-state index contributed by atoms with van der Waals surface area (Å²) in [6.45, 7) is 0. The lowest BCUT2D eigenvalue weighted by atomic mass is 10.1. The Morgan fingerprint density at radius 1 is 1.41 bits per heavy atom. The maximum absolute atomic E-state index is 12.3. The summed E-state index contributed by atoms with van der Waals surface area (Å²) in [4.78, 5) is 12.3. The van der Waals surface area contributed by atoms with E-state index in [-0.39, 0.29) is 5.91 Å². The van der Waals surface area contributed by atoms with Gasteiger partial charge in [0.25, 0.3) is 0 Å². The van der Waals surface area contributed by atoms with Crippen LogP contribution in [0.1, 0.15) is 24.4 Å². The Labute approximate surface area is 136 Å². The average Bonchev–Trinajstić information content (AvgIpc) is 3.12. The van der Waals surface area contributed by atoms with E-state index in [0.29, 0.717) is 17.5 Å². The van der Waals surface area contributed by atoms with E-state index in [1.165, 1.54) is 0 Å². The number of rotatable bonds is 4. The SMILES string of the molecule is O=C(Cc1csc2ccc(Cl)cc12)Nc1ccnn1C1CC1. The number of amides is 1. The monoisotopic (exact) mass is 331 g/mol. The second-order valence-electron chi connectivity index (χ2n) is 5.52. The van der Waals surface area contributed by atoms with Gasteiger partial charge in [0.2, 0.25) is 5.91 Å². The summed E-state index contributed by atoms with van der Waals surface area (Å²) >= 11 is 7.69. The molecule has 0 radical (unpaired) electrons. The number of nitrogens with one attached hydrogen (secondary N) is 1. The molecule has 1 N–H and O–H groups in total. The minimum absolute atomic E-state index is 0.0259. The average molecular weight is 332 g/mol. The Kier molecular flexibility index (Phi) is 3.39. The first-order chi connectivity index (χ1) is 10.7. The highest BCUT2D eigenvalue weighted by atomic mass is 35.5. The smallest absolute Gasteiger partial charge is 0.229 e. The number of carbonyl (C=O) groups is 1. The van der Waals surface area contributed by atoms with Gasteiger partial charge in [0.1, 0.15) is 5.82 Å². The lowest BCUT2D eigenvalue weighted by Crippen LogP contribution is -2.17. The third kappa shape index (κ3) is 2.62. The molecule has 112 valence electrons. The fraction of sp³-hybridized carbons (Fsp3) is 0.250. The van der Waals surface area contributed by atoms with Gasteiger partial charge in [0.05, 0.1) is 18.7 Å². The predicted octanol–water partition coefficient (Wildman–Crippen LogP) is 4.27. The molecule has 6 heteroatoms. The molecule has 0 spiro atoms. The molecule has 1 aliphatic rings. The Balaban J connectivity index is 1.53. The molecule has 0 bridgehead atoms. The third-order valence-electron chi connectivity index (χ3n) is 3.80. The molecule has 1 amide bonds. The van der Waals surface area contributed by atoms with Crippen molar-refractivity contribution in [2.24, 2.45) is 0 Å². The van der Waals surface area contributed by atoms with Crippen molar-refractivity contribution in [1.82, 2.24) is 9.78 Å². The molecule has 2 heterocycles. The molecule has 4 nitrogen and oxygen atoms in total. The molecule has 0 atom stereocenters. The number of nitrogens with zero attached hydrogens (tertiary/aromatic N) is 2. The number of halogens is 1. The molecule has 1 aliphatic carbocycles. The van der Waals surface area contributed by atoms with Crippen LogP contribution in [0.2, 0.25) is 5.02 Å². The number of hydrogen-bond donors (Lipinski definition) is 1. The van der Waals surface area contributed by atoms with E-state index in [2.05, 4.69) is 10.4 Å². The number of carbonyl (C=O) groups excluding carboxylic acids is 1. The van der Waals surface area contributed by atoms with Gasteiger partial charge in [-0.2, -0.15) is 5.10 Å². The van der Waals surface area contributed by atoms with Crippen LogP contribution in [0.25, 0.3) is 10.1 Å². The van der Waals surface area contributed by atoms with Gasteiger partial charge in [-0.15, -0.1) is 11.3 Å². The topological polar surface area (TPSA) is 46.9 Å². The second kappa shape index (κ2) is 5.41. The summed E-state index contributed by atoms with van der Waals surface area (Å²) in [7, 11) is 0. The van der Waals surface area contributed by atoms with Crippen molar-refractivity contribution in [2.75, 3.05) is 5.32 Å². The van der Waals surface area contributed by atoms with Crippen molar-refractivity contribution >= 4 is 44.7 Å².